The summed E-state index contributed by atoms with van der Waals surface area (Å²) in [4.78, 5) is 70.6. The second kappa shape index (κ2) is 21.3. The topological polar surface area (TPSA) is 141 Å². The van der Waals surface area contributed by atoms with Crippen LogP contribution in [0.15, 0.2) is 97.2 Å². The van der Waals surface area contributed by atoms with Crippen molar-refractivity contribution in [3.63, 3.8) is 0 Å². The number of likely N-dealkylation sites (tertiary alicyclic amines) is 1. The van der Waals surface area contributed by atoms with Crippen LogP contribution in [-0.2, 0) is 45.7 Å². The van der Waals surface area contributed by atoms with Crippen LogP contribution in [0.25, 0.3) is 11.3 Å². The maximum atomic E-state index is 15.2. The van der Waals surface area contributed by atoms with E-state index in [4.69, 9.17) is 32.9 Å². The van der Waals surface area contributed by atoms with Gasteiger partial charge in [-0.3, -0.25) is 24.1 Å². The number of likely N-dealkylation sites (N-methyl/N-ethyl adjacent to an activating group) is 2. The highest BCUT2D eigenvalue weighted by Crippen LogP contribution is 2.47. The van der Waals surface area contributed by atoms with Gasteiger partial charge in [0.25, 0.3) is 0 Å². The fourth-order valence-corrected chi connectivity index (χ4v) is 10.5. The first-order valence-electron chi connectivity index (χ1n) is 23.5. The Morgan fingerprint density at radius 2 is 1.50 bits per heavy atom. The number of hydrogen-bond donors (Lipinski definition) is 2. The third-order valence-corrected chi connectivity index (χ3v) is 14.7. The number of carbonyl (C=O) groups is 4. The Labute approximate surface area is 409 Å². The average molecular weight is 963 g/mol. The highest BCUT2D eigenvalue weighted by Gasteiger charge is 2.42. The van der Waals surface area contributed by atoms with Crippen LogP contribution in [0.1, 0.15) is 79.4 Å². The summed E-state index contributed by atoms with van der Waals surface area (Å²) < 4.78 is 8.63. The van der Waals surface area contributed by atoms with Gasteiger partial charge in [0.2, 0.25) is 23.6 Å². The molecule has 2 N–H and O–H groups in total. The molecule has 0 saturated carbocycles. The SMILES string of the molecule is C[C@H]1C[C@H]([C@@H]2CC(=O)N(Cc3ccc(Cl)cc3Oc3ccc(-c4cnc(CN5CCCC5)n4C)cc3)[C@@H](C)C(=O)N[C@@H](CO)C(=O)N(C)[C@H](Cc3ccc(Cl)cc3)CN(C)C2=O)c2ccccc21. The van der Waals surface area contributed by atoms with Crippen LogP contribution in [0.2, 0.25) is 10.0 Å². The molecular weight excluding hydrogens is 902 g/mol. The van der Waals surface area contributed by atoms with Crippen molar-refractivity contribution < 1.29 is 29.0 Å². The lowest BCUT2D eigenvalue weighted by molar-refractivity contribution is -0.148. The number of nitrogens with one attached hydrogen (secondary N) is 1. The van der Waals surface area contributed by atoms with Gasteiger partial charge in [0.15, 0.2) is 0 Å². The van der Waals surface area contributed by atoms with Crippen molar-refractivity contribution in [2.75, 3.05) is 40.3 Å². The molecule has 6 atom stereocenters. The minimum Gasteiger partial charge on any atom is -0.457 e. The van der Waals surface area contributed by atoms with Crippen LogP contribution >= 0.6 is 23.2 Å². The van der Waals surface area contributed by atoms with Gasteiger partial charge < -0.3 is 34.4 Å². The zero-order chi connectivity index (χ0) is 48.2. The molecule has 4 amide bonds. The zero-order valence-electron chi connectivity index (χ0n) is 39.4. The highest BCUT2D eigenvalue weighted by molar-refractivity contribution is 6.31. The number of aliphatic hydroxyl groups excluding tert-OH is 1. The van der Waals surface area contributed by atoms with Gasteiger partial charge in [-0.05, 0) is 123 Å². The van der Waals surface area contributed by atoms with E-state index < -0.39 is 48.4 Å². The molecular formula is C53H61Cl2N7O6. The van der Waals surface area contributed by atoms with E-state index in [2.05, 4.69) is 27.8 Å². The summed E-state index contributed by atoms with van der Waals surface area (Å²) in [6.07, 6.45) is 5.15. The number of aliphatic hydroxyl groups is 1. The van der Waals surface area contributed by atoms with Gasteiger partial charge in [0.05, 0.1) is 43.5 Å². The fraction of sp³-hybridized carbons (Fsp3) is 0.415. The lowest BCUT2D eigenvalue weighted by atomic mass is 9.83. The minimum atomic E-state index is -1.33. The van der Waals surface area contributed by atoms with Crippen molar-refractivity contribution in [2.24, 2.45) is 13.0 Å². The number of carbonyl (C=O) groups excluding carboxylic acids is 4. The van der Waals surface area contributed by atoms with E-state index in [1.807, 2.05) is 67.8 Å². The minimum absolute atomic E-state index is 0.0952. The Morgan fingerprint density at radius 3 is 2.21 bits per heavy atom. The van der Waals surface area contributed by atoms with Crippen LogP contribution in [0, 0.1) is 5.92 Å². The number of ether oxygens (including phenoxy) is 1. The van der Waals surface area contributed by atoms with Gasteiger partial charge in [-0.2, -0.15) is 0 Å². The van der Waals surface area contributed by atoms with Gasteiger partial charge in [-0.15, -0.1) is 0 Å². The molecule has 1 aliphatic carbocycles. The van der Waals surface area contributed by atoms with Crippen molar-refractivity contribution in [3.05, 3.63) is 135 Å². The fourth-order valence-electron chi connectivity index (χ4n) is 10.2. The first kappa shape index (κ1) is 48.7. The summed E-state index contributed by atoms with van der Waals surface area (Å²) in [5.74, 6) is -0.869. The summed E-state index contributed by atoms with van der Waals surface area (Å²) in [5.41, 5.74) is 5.57. The molecule has 2 saturated heterocycles. The van der Waals surface area contributed by atoms with E-state index in [-0.39, 0.29) is 37.3 Å². The molecule has 358 valence electrons. The number of amides is 4. The maximum absolute atomic E-state index is 15.2. The van der Waals surface area contributed by atoms with E-state index in [0.29, 0.717) is 39.9 Å². The van der Waals surface area contributed by atoms with Gasteiger partial charge in [-0.1, -0.05) is 72.6 Å². The van der Waals surface area contributed by atoms with Crippen molar-refractivity contribution in [1.82, 2.24) is 34.5 Å². The zero-order valence-corrected chi connectivity index (χ0v) is 40.9. The van der Waals surface area contributed by atoms with Gasteiger partial charge in [0.1, 0.15) is 29.4 Å². The molecule has 3 aliphatic rings. The van der Waals surface area contributed by atoms with Gasteiger partial charge >= 0.3 is 0 Å². The molecule has 3 heterocycles. The molecule has 1 aromatic heterocycles. The third kappa shape index (κ3) is 10.8. The monoisotopic (exact) mass is 961 g/mol. The normalized spacial score (nSPS) is 23.2. The number of fused-ring (bicyclic) bond motifs is 1. The lowest BCUT2D eigenvalue weighted by Gasteiger charge is -2.38. The van der Waals surface area contributed by atoms with E-state index in [1.165, 1.54) is 22.6 Å². The van der Waals surface area contributed by atoms with E-state index >= 15 is 9.59 Å². The van der Waals surface area contributed by atoms with E-state index in [0.717, 1.165) is 53.4 Å². The van der Waals surface area contributed by atoms with E-state index in [1.54, 1.807) is 56.3 Å². The molecule has 4 aromatic carbocycles. The lowest BCUT2D eigenvalue weighted by Crippen LogP contribution is -2.58. The molecule has 0 bridgehead atoms. The van der Waals surface area contributed by atoms with Crippen LogP contribution in [0.5, 0.6) is 11.5 Å². The Bertz CT molecular complexity index is 2620. The Balaban J connectivity index is 1.11. The van der Waals surface area contributed by atoms with Gasteiger partial charge in [-0.25, -0.2) is 4.98 Å². The summed E-state index contributed by atoms with van der Waals surface area (Å²) in [6, 6.07) is 25.1. The largest absolute Gasteiger partial charge is 0.457 e. The third-order valence-electron chi connectivity index (χ3n) is 14.2. The number of hydrogen-bond acceptors (Lipinski definition) is 8. The van der Waals surface area contributed by atoms with Crippen LogP contribution < -0.4 is 10.1 Å². The summed E-state index contributed by atoms with van der Waals surface area (Å²) in [5, 5.41) is 14.3. The van der Waals surface area contributed by atoms with Crippen molar-refractivity contribution in [1.29, 1.82) is 0 Å². The number of halogens is 2. The number of rotatable bonds is 11. The van der Waals surface area contributed by atoms with Crippen LogP contribution in [0.3, 0.4) is 0 Å². The predicted molar refractivity (Wildman–Crippen MR) is 263 cm³/mol. The standard InChI is InChI=1S/C53H61Cl2N7O6/c1-33-24-44(43-11-7-6-10-42(33)43)45-27-50(64)62(34(2)51(65)57-46(32-63)53(67)59(4)40(30-58(3)52(45)66)25-35-12-17-38(54)18-13-35)29-37-14-19-39(55)26-48(37)68-41-20-15-36(16-21-41)47-28-56-49(60(47)5)31-61-22-8-9-23-61/h6-7,10-21,26,28,33-34,40,44-46,63H,8-9,22-25,27,29-32H2,1-5H3,(H,57,65)/t33-,34-,40+,44-,45-,46-/m0/s1. The maximum Gasteiger partial charge on any atom is 0.247 e. The predicted octanol–water partition coefficient (Wildman–Crippen LogP) is 7.82. The first-order valence-corrected chi connectivity index (χ1v) is 24.3. The van der Waals surface area contributed by atoms with Crippen molar-refractivity contribution in [3.8, 4) is 22.8 Å². The quantitative estimate of drug-likeness (QED) is 0.137. The average Bonchev–Trinajstić information content (AvgIpc) is 4.08. The summed E-state index contributed by atoms with van der Waals surface area (Å²) in [6.45, 7) is 6.04. The highest BCUT2D eigenvalue weighted by atomic mass is 35.5. The molecule has 0 spiro atoms. The second-order valence-electron chi connectivity index (χ2n) is 18.8. The van der Waals surface area contributed by atoms with E-state index in [9.17, 15) is 14.7 Å². The first-order chi connectivity index (χ1) is 32.7. The molecule has 2 aliphatic heterocycles. The number of nitrogens with zero attached hydrogens (tertiary/aromatic N) is 6. The smallest absolute Gasteiger partial charge is 0.247 e. The molecule has 0 radical (unpaired) electrons. The molecule has 2 fully saturated rings. The molecule has 8 rings (SSSR count). The molecule has 5 aromatic rings. The Morgan fingerprint density at radius 1 is 0.809 bits per heavy atom. The molecule has 0 unspecified atom stereocenters. The van der Waals surface area contributed by atoms with Crippen molar-refractivity contribution in [2.45, 2.75) is 89.0 Å². The Hall–Kier alpha value is -5.73. The number of aromatic nitrogens is 2. The summed E-state index contributed by atoms with van der Waals surface area (Å²) >= 11 is 12.8. The van der Waals surface area contributed by atoms with Crippen LogP contribution in [0.4, 0.5) is 0 Å². The molecule has 15 heteroatoms. The van der Waals surface area contributed by atoms with Crippen LogP contribution in [-0.4, -0.2) is 116 Å². The number of benzene rings is 4. The molecule has 13 nitrogen and oxygen atoms in total. The number of imidazole rings is 1. The Kier molecular flexibility index (Phi) is 15.2. The van der Waals surface area contributed by atoms with Crippen molar-refractivity contribution >= 4 is 46.8 Å². The van der Waals surface area contributed by atoms with Gasteiger partial charge in [0, 0.05) is 55.3 Å². The summed E-state index contributed by atoms with van der Waals surface area (Å²) in [7, 11) is 5.36. The second-order valence-corrected chi connectivity index (χ2v) is 19.6. The molecule has 68 heavy (non-hydrogen) atoms.